The molecule has 1 saturated carbocycles. The van der Waals surface area contributed by atoms with Crippen molar-refractivity contribution in [3.05, 3.63) is 42.4 Å². The van der Waals surface area contributed by atoms with E-state index in [0.717, 1.165) is 18.4 Å². The summed E-state index contributed by atoms with van der Waals surface area (Å²) >= 11 is 0. The smallest absolute Gasteiger partial charge is 0.313 e. The zero-order valence-electron chi connectivity index (χ0n) is 9.03. The molecule has 0 aromatic rings. The maximum Gasteiger partial charge on any atom is 0.313 e. The van der Waals surface area contributed by atoms with Crippen molar-refractivity contribution in [2.45, 2.75) is 26.2 Å². The fourth-order valence-electron chi connectivity index (χ4n) is 1.05. The fraction of sp³-hybridized carbons (Fsp3) is 0.385. The van der Waals surface area contributed by atoms with E-state index in [1.54, 1.807) is 18.2 Å². The van der Waals surface area contributed by atoms with Gasteiger partial charge in [0.25, 0.3) is 0 Å². The van der Waals surface area contributed by atoms with Crippen LogP contribution in [-0.4, -0.2) is 5.97 Å². The van der Waals surface area contributed by atoms with Crippen LogP contribution in [0.3, 0.4) is 0 Å². The van der Waals surface area contributed by atoms with Gasteiger partial charge in [0.05, 0.1) is 12.2 Å². The molecule has 1 rings (SSSR count). The number of hydrogen-bond donors (Lipinski definition) is 0. The van der Waals surface area contributed by atoms with Crippen molar-refractivity contribution < 1.29 is 9.53 Å². The van der Waals surface area contributed by atoms with Gasteiger partial charge in [0.1, 0.15) is 0 Å². The van der Waals surface area contributed by atoms with E-state index >= 15 is 0 Å². The molecule has 0 saturated heterocycles. The second-order valence-electron chi connectivity index (χ2n) is 3.50. The zero-order valence-corrected chi connectivity index (χ0v) is 9.03. The minimum absolute atomic E-state index is 0.120. The molecule has 0 heterocycles. The second kappa shape index (κ2) is 6.05. The lowest BCUT2D eigenvalue weighted by Crippen LogP contribution is -2.01. The monoisotopic (exact) mass is 204 g/mol. The Kier molecular flexibility index (Phi) is 4.65. The predicted octanol–water partition coefficient (Wildman–Crippen LogP) is 3.13. The fourth-order valence-corrected chi connectivity index (χ4v) is 1.05. The van der Waals surface area contributed by atoms with Crippen LogP contribution in [0.5, 0.6) is 0 Å². The first kappa shape index (κ1) is 11.5. The summed E-state index contributed by atoms with van der Waals surface area (Å²) < 4.78 is 5.04. The Balaban J connectivity index is 2.52. The number of allylic oxidation sites excluding steroid dienone is 3. The van der Waals surface area contributed by atoms with Crippen molar-refractivity contribution in [2.24, 2.45) is 5.92 Å². The van der Waals surface area contributed by atoms with Crippen LogP contribution in [0.25, 0.3) is 0 Å². The molecule has 2 nitrogen and oxygen atoms in total. The molecular formula is C13H16O2. The van der Waals surface area contributed by atoms with Crippen LogP contribution in [-0.2, 0) is 9.53 Å². The quantitative estimate of drug-likeness (QED) is 0.226. The Hall–Kier alpha value is -1.53. The molecule has 0 aromatic carbocycles. The molecule has 0 aromatic heterocycles. The largest absolute Gasteiger partial charge is 0.434 e. The van der Waals surface area contributed by atoms with Crippen LogP contribution < -0.4 is 0 Å². The van der Waals surface area contributed by atoms with Gasteiger partial charge in [-0.1, -0.05) is 6.08 Å². The average Bonchev–Trinajstić information content (AvgIpc) is 3.05. The molecule has 0 aliphatic heterocycles. The molecule has 0 atom stereocenters. The Bertz CT molecular complexity index is 326. The summed E-state index contributed by atoms with van der Waals surface area (Å²) in [4.78, 5) is 11.3. The number of carbonyl (C=O) groups is 1. The second-order valence-corrected chi connectivity index (χ2v) is 3.50. The van der Waals surface area contributed by atoms with Gasteiger partial charge < -0.3 is 4.74 Å². The van der Waals surface area contributed by atoms with Gasteiger partial charge in [-0.2, -0.15) is 0 Å². The van der Waals surface area contributed by atoms with E-state index in [-0.39, 0.29) is 11.9 Å². The Morgan fingerprint density at radius 1 is 1.60 bits per heavy atom. The van der Waals surface area contributed by atoms with Crippen molar-refractivity contribution in [3.63, 3.8) is 0 Å². The summed E-state index contributed by atoms with van der Waals surface area (Å²) in [6.07, 6.45) is 9.48. The Morgan fingerprint density at radius 2 is 2.33 bits per heavy atom. The van der Waals surface area contributed by atoms with E-state index in [2.05, 4.69) is 12.3 Å². The highest BCUT2D eigenvalue weighted by Crippen LogP contribution is 2.30. The van der Waals surface area contributed by atoms with Crippen LogP contribution in [0.4, 0.5) is 0 Å². The van der Waals surface area contributed by atoms with Crippen LogP contribution in [0, 0.1) is 5.92 Å². The molecule has 15 heavy (non-hydrogen) atoms. The highest BCUT2D eigenvalue weighted by molar-refractivity contribution is 5.75. The van der Waals surface area contributed by atoms with Crippen molar-refractivity contribution >= 4 is 5.97 Å². The molecule has 0 spiro atoms. The van der Waals surface area contributed by atoms with Crippen LogP contribution in [0.1, 0.15) is 26.2 Å². The first-order chi connectivity index (χ1) is 7.27. The Labute approximate surface area is 90.6 Å². The molecule has 1 aliphatic rings. The Morgan fingerprint density at radius 3 is 2.87 bits per heavy atom. The van der Waals surface area contributed by atoms with Gasteiger partial charge in [-0.15, -0.1) is 12.3 Å². The summed E-state index contributed by atoms with van der Waals surface area (Å²) in [5, 5.41) is 0. The first-order valence-electron chi connectivity index (χ1n) is 5.15. The molecular weight excluding hydrogens is 188 g/mol. The van der Waals surface area contributed by atoms with E-state index in [9.17, 15) is 4.79 Å². The normalized spacial score (nSPS) is 15.1. The highest BCUT2D eigenvalue weighted by atomic mass is 16.5. The molecule has 1 aliphatic carbocycles. The standard InChI is InChI=1S/C13H16O2/c1-3-5-7-11(6-4-2)10-15-13(14)12-8-9-12/h3-4,7,10,12H,2,6,8-9H2,1H3/b11-10+. The minimum Gasteiger partial charge on any atom is -0.434 e. The van der Waals surface area contributed by atoms with E-state index in [4.69, 9.17) is 4.74 Å². The number of ether oxygens (including phenoxy) is 1. The molecule has 0 amide bonds. The van der Waals surface area contributed by atoms with Gasteiger partial charge in [0.2, 0.25) is 0 Å². The summed E-state index contributed by atoms with van der Waals surface area (Å²) in [6, 6.07) is 0. The SMILES string of the molecule is C=CC/C(C=C=CC)=C\OC(=O)C1CC1. The number of carbonyl (C=O) groups excluding carboxylic acids is 1. The molecule has 0 bridgehead atoms. The minimum atomic E-state index is -0.120. The van der Waals surface area contributed by atoms with Crippen LogP contribution in [0.15, 0.2) is 42.4 Å². The zero-order chi connectivity index (χ0) is 11.1. The first-order valence-corrected chi connectivity index (χ1v) is 5.15. The van der Waals surface area contributed by atoms with Crippen LogP contribution >= 0.6 is 0 Å². The number of hydrogen-bond acceptors (Lipinski definition) is 2. The molecule has 1 fully saturated rings. The van der Waals surface area contributed by atoms with Gasteiger partial charge in [-0.05, 0) is 43.9 Å². The lowest BCUT2D eigenvalue weighted by molar-refractivity contribution is -0.139. The molecule has 0 unspecified atom stereocenters. The van der Waals surface area contributed by atoms with Crippen LogP contribution in [0.2, 0.25) is 0 Å². The summed E-state index contributed by atoms with van der Waals surface area (Å²) in [5.41, 5.74) is 3.84. The van der Waals surface area contributed by atoms with Crippen molar-refractivity contribution in [2.75, 3.05) is 0 Å². The van der Waals surface area contributed by atoms with Crippen molar-refractivity contribution in [1.29, 1.82) is 0 Å². The lowest BCUT2D eigenvalue weighted by Gasteiger charge is -1.98. The third kappa shape index (κ3) is 4.48. The van der Waals surface area contributed by atoms with Gasteiger partial charge >= 0.3 is 5.97 Å². The highest BCUT2D eigenvalue weighted by Gasteiger charge is 2.30. The van der Waals surface area contributed by atoms with Gasteiger partial charge in [-0.25, -0.2) is 0 Å². The van der Waals surface area contributed by atoms with E-state index < -0.39 is 0 Å². The number of esters is 1. The summed E-state index contributed by atoms with van der Waals surface area (Å²) in [7, 11) is 0. The van der Waals surface area contributed by atoms with Crippen molar-refractivity contribution in [3.8, 4) is 0 Å². The summed E-state index contributed by atoms with van der Waals surface area (Å²) in [6.45, 7) is 5.53. The third-order valence-electron chi connectivity index (χ3n) is 2.05. The topological polar surface area (TPSA) is 26.3 Å². The average molecular weight is 204 g/mol. The lowest BCUT2D eigenvalue weighted by atomic mass is 10.2. The molecule has 80 valence electrons. The van der Waals surface area contributed by atoms with Gasteiger partial charge in [0, 0.05) is 0 Å². The maximum absolute atomic E-state index is 11.3. The summed E-state index contributed by atoms with van der Waals surface area (Å²) in [5.74, 6) is 0.0161. The maximum atomic E-state index is 11.3. The molecule has 2 heteroatoms. The predicted molar refractivity (Wildman–Crippen MR) is 60.0 cm³/mol. The van der Waals surface area contributed by atoms with Gasteiger partial charge in [-0.3, -0.25) is 4.79 Å². The molecule has 0 N–H and O–H groups in total. The van der Waals surface area contributed by atoms with Gasteiger partial charge in [0.15, 0.2) is 0 Å². The van der Waals surface area contributed by atoms with Crippen molar-refractivity contribution in [1.82, 2.24) is 0 Å². The number of rotatable bonds is 5. The molecule has 0 radical (unpaired) electrons. The van der Waals surface area contributed by atoms with E-state index in [1.165, 1.54) is 6.26 Å². The van der Waals surface area contributed by atoms with E-state index in [0.29, 0.717) is 6.42 Å². The third-order valence-corrected chi connectivity index (χ3v) is 2.05. The van der Waals surface area contributed by atoms with E-state index in [1.807, 2.05) is 6.92 Å².